The monoisotopic (exact) mass is 417 g/mol. The van der Waals surface area contributed by atoms with Crippen molar-refractivity contribution in [2.45, 2.75) is 25.4 Å². The summed E-state index contributed by atoms with van der Waals surface area (Å²) in [4.78, 5) is 4.86. The van der Waals surface area contributed by atoms with Crippen molar-refractivity contribution in [1.29, 1.82) is 0 Å². The Morgan fingerprint density at radius 1 is 1.00 bits per heavy atom. The minimum absolute atomic E-state index is 0.285. The summed E-state index contributed by atoms with van der Waals surface area (Å²) < 4.78 is 27.8. The van der Waals surface area contributed by atoms with E-state index < -0.39 is 10.0 Å². The van der Waals surface area contributed by atoms with Gasteiger partial charge in [-0.25, -0.2) is 18.1 Å². The van der Waals surface area contributed by atoms with Gasteiger partial charge in [0.2, 0.25) is 10.0 Å². The molecule has 30 heavy (non-hydrogen) atoms. The van der Waals surface area contributed by atoms with Gasteiger partial charge in [-0.3, -0.25) is 0 Å². The Balaban J connectivity index is 1.54. The van der Waals surface area contributed by atoms with E-state index in [0.29, 0.717) is 6.04 Å². The highest BCUT2D eigenvalue weighted by Gasteiger charge is 2.27. The number of hydrogen-bond acceptors (Lipinski definition) is 3. The summed E-state index contributed by atoms with van der Waals surface area (Å²) in [7, 11) is -3.22. The van der Waals surface area contributed by atoms with Gasteiger partial charge in [0, 0.05) is 13.0 Å². The van der Waals surface area contributed by atoms with Gasteiger partial charge in [-0.05, 0) is 46.9 Å². The summed E-state index contributed by atoms with van der Waals surface area (Å²) >= 11 is 0. The number of nitrogens with zero attached hydrogens (tertiary/aromatic N) is 2. The van der Waals surface area contributed by atoms with Gasteiger partial charge in [0.15, 0.2) is 0 Å². The van der Waals surface area contributed by atoms with Gasteiger partial charge in [-0.2, -0.15) is 0 Å². The maximum Gasteiger partial charge on any atom is 0.209 e. The molecule has 5 rings (SSSR count). The average Bonchev–Trinajstić information content (AvgIpc) is 3.31. The first-order valence-electron chi connectivity index (χ1n) is 10.1. The minimum Gasteiger partial charge on any atom is -0.320 e. The summed E-state index contributed by atoms with van der Waals surface area (Å²) in [5.41, 5.74) is 6.57. The zero-order chi connectivity index (χ0) is 20.7. The molecule has 152 valence electrons. The molecule has 3 aromatic carbocycles. The molecule has 2 heterocycles. The van der Waals surface area contributed by atoms with Crippen LogP contribution in [0.3, 0.4) is 0 Å². The third-order valence-corrected chi connectivity index (χ3v) is 6.37. The van der Waals surface area contributed by atoms with Crippen LogP contribution < -0.4 is 4.72 Å². The molecule has 0 radical (unpaired) electrons. The van der Waals surface area contributed by atoms with Crippen LogP contribution in [-0.2, 0) is 23.0 Å². The van der Waals surface area contributed by atoms with Gasteiger partial charge in [-0.1, -0.05) is 54.6 Å². The lowest BCUT2D eigenvalue weighted by atomic mass is 10.0. The zero-order valence-corrected chi connectivity index (χ0v) is 17.6. The fourth-order valence-corrected chi connectivity index (χ4v) is 4.74. The maximum atomic E-state index is 11.4. The number of imidazole rings is 1. The molecule has 5 nitrogen and oxygen atoms in total. The number of aromatic nitrogens is 2. The van der Waals surface area contributed by atoms with Crippen LogP contribution >= 0.6 is 0 Å². The molecule has 0 aliphatic carbocycles. The molecule has 4 aromatic rings. The van der Waals surface area contributed by atoms with E-state index in [0.717, 1.165) is 46.4 Å². The van der Waals surface area contributed by atoms with Crippen molar-refractivity contribution in [2.24, 2.45) is 0 Å². The molecule has 1 aromatic heterocycles. The lowest BCUT2D eigenvalue weighted by molar-refractivity contribution is 0.587. The molecule has 0 saturated heterocycles. The van der Waals surface area contributed by atoms with Crippen LogP contribution in [0.1, 0.15) is 29.4 Å². The first kappa shape index (κ1) is 19.0. The number of aryl methyl sites for hydroxylation is 1. The summed E-state index contributed by atoms with van der Waals surface area (Å²) in [6, 6.07) is 25.3. The molecule has 1 N–H and O–H groups in total. The largest absolute Gasteiger partial charge is 0.320 e. The predicted octanol–water partition coefficient (Wildman–Crippen LogP) is 4.29. The van der Waals surface area contributed by atoms with E-state index in [-0.39, 0.29) is 6.54 Å². The smallest absolute Gasteiger partial charge is 0.209 e. The second-order valence-corrected chi connectivity index (χ2v) is 9.69. The first-order chi connectivity index (χ1) is 14.5. The second-order valence-electron chi connectivity index (χ2n) is 7.86. The highest BCUT2D eigenvalue weighted by atomic mass is 32.2. The Labute approximate surface area is 176 Å². The average molecular weight is 418 g/mol. The van der Waals surface area contributed by atoms with Gasteiger partial charge >= 0.3 is 0 Å². The van der Waals surface area contributed by atoms with Crippen molar-refractivity contribution in [2.75, 3.05) is 6.26 Å². The molecule has 0 saturated carbocycles. The number of hydrogen-bond donors (Lipinski definition) is 1. The van der Waals surface area contributed by atoms with Crippen LogP contribution in [0.2, 0.25) is 0 Å². The molecule has 1 aliphatic heterocycles. The Bertz CT molecular complexity index is 1330. The highest BCUT2D eigenvalue weighted by molar-refractivity contribution is 7.88. The number of sulfonamides is 1. The number of nitrogens with one attached hydrogen (secondary N) is 1. The van der Waals surface area contributed by atoms with Crippen molar-refractivity contribution in [3.8, 4) is 11.1 Å². The third kappa shape index (κ3) is 3.64. The molecular weight excluding hydrogens is 394 g/mol. The topological polar surface area (TPSA) is 64.0 Å². The van der Waals surface area contributed by atoms with Gasteiger partial charge in [0.05, 0.1) is 23.3 Å². The second kappa shape index (κ2) is 7.38. The molecule has 6 heteroatoms. The number of rotatable bonds is 5. The van der Waals surface area contributed by atoms with E-state index in [4.69, 9.17) is 4.98 Å². The van der Waals surface area contributed by atoms with E-state index in [1.807, 2.05) is 18.2 Å². The van der Waals surface area contributed by atoms with Crippen molar-refractivity contribution in [1.82, 2.24) is 14.3 Å². The number of benzene rings is 3. The standard InChI is InChI=1S/C24H23N3O2S/c1-30(28,29)25-16-17-6-5-9-19(14-17)20-10-11-21-23(15-20)27-22(12-13-24(27)26-21)18-7-3-2-4-8-18/h2-11,14-15,22,25H,12-13,16H2,1H3. The predicted molar refractivity (Wildman–Crippen MR) is 120 cm³/mol. The molecule has 0 spiro atoms. The van der Waals surface area contributed by atoms with Crippen molar-refractivity contribution >= 4 is 21.1 Å². The molecular formula is C24H23N3O2S. The van der Waals surface area contributed by atoms with Crippen LogP contribution in [0.4, 0.5) is 0 Å². The molecule has 1 unspecified atom stereocenters. The fourth-order valence-electron chi connectivity index (χ4n) is 4.31. The normalized spacial score (nSPS) is 16.1. The summed E-state index contributed by atoms with van der Waals surface area (Å²) in [6.07, 6.45) is 3.23. The van der Waals surface area contributed by atoms with Gasteiger partial charge < -0.3 is 4.57 Å². The minimum atomic E-state index is -3.22. The molecule has 1 aliphatic rings. The summed E-state index contributed by atoms with van der Waals surface area (Å²) in [6.45, 7) is 0.285. The van der Waals surface area contributed by atoms with E-state index >= 15 is 0 Å². The molecule has 0 amide bonds. The van der Waals surface area contributed by atoms with Gasteiger partial charge in [-0.15, -0.1) is 0 Å². The lowest BCUT2D eigenvalue weighted by Crippen LogP contribution is -2.21. The van der Waals surface area contributed by atoms with Crippen LogP contribution in [0.5, 0.6) is 0 Å². The van der Waals surface area contributed by atoms with Crippen LogP contribution in [0.15, 0.2) is 72.8 Å². The van der Waals surface area contributed by atoms with Crippen LogP contribution in [0, 0.1) is 0 Å². The zero-order valence-electron chi connectivity index (χ0n) is 16.7. The third-order valence-electron chi connectivity index (χ3n) is 5.70. The van der Waals surface area contributed by atoms with Crippen LogP contribution in [0.25, 0.3) is 22.2 Å². The highest BCUT2D eigenvalue weighted by Crippen LogP contribution is 2.36. The quantitative estimate of drug-likeness (QED) is 0.527. The summed E-state index contributed by atoms with van der Waals surface area (Å²) in [5, 5.41) is 0. The molecule has 0 fully saturated rings. The van der Waals surface area contributed by atoms with Crippen molar-refractivity contribution in [3.63, 3.8) is 0 Å². The van der Waals surface area contributed by atoms with Crippen LogP contribution in [-0.4, -0.2) is 24.2 Å². The SMILES string of the molecule is CS(=O)(=O)NCc1cccc(-c2ccc3nc4n(c3c2)C(c2ccccc2)CC4)c1. The molecule has 0 bridgehead atoms. The number of fused-ring (bicyclic) bond motifs is 3. The van der Waals surface area contributed by atoms with Crippen molar-refractivity contribution < 1.29 is 8.42 Å². The Hall–Kier alpha value is -2.96. The van der Waals surface area contributed by atoms with E-state index in [1.54, 1.807) is 0 Å². The Morgan fingerprint density at radius 2 is 1.80 bits per heavy atom. The van der Waals surface area contributed by atoms with E-state index in [2.05, 4.69) is 63.9 Å². The molecule has 1 atom stereocenters. The van der Waals surface area contributed by atoms with Gasteiger partial charge in [0.1, 0.15) is 5.82 Å². The van der Waals surface area contributed by atoms with E-state index in [9.17, 15) is 8.42 Å². The van der Waals surface area contributed by atoms with Crippen molar-refractivity contribution in [3.05, 3.63) is 89.7 Å². The maximum absolute atomic E-state index is 11.4. The van der Waals surface area contributed by atoms with E-state index in [1.165, 1.54) is 11.8 Å². The summed E-state index contributed by atoms with van der Waals surface area (Å²) in [5.74, 6) is 1.14. The Kier molecular flexibility index (Phi) is 4.68. The first-order valence-corrected chi connectivity index (χ1v) is 12.0. The lowest BCUT2D eigenvalue weighted by Gasteiger charge is -2.15. The Morgan fingerprint density at radius 3 is 2.60 bits per heavy atom. The fraction of sp³-hybridized carbons (Fsp3) is 0.208. The van der Waals surface area contributed by atoms with Gasteiger partial charge in [0.25, 0.3) is 0 Å².